The highest BCUT2D eigenvalue weighted by Gasteiger charge is 2.73. The van der Waals surface area contributed by atoms with Gasteiger partial charge in [0, 0.05) is 29.8 Å². The molecule has 0 bridgehead atoms. The molecule has 6 nitrogen and oxygen atoms in total. The van der Waals surface area contributed by atoms with Crippen LogP contribution < -0.4 is 11.1 Å². The third-order valence-electron chi connectivity index (χ3n) is 6.72. The van der Waals surface area contributed by atoms with Crippen molar-refractivity contribution in [1.29, 1.82) is 5.26 Å². The summed E-state index contributed by atoms with van der Waals surface area (Å²) in [4.78, 5) is 21.1. The highest BCUT2D eigenvalue weighted by atomic mass is 35.5. The van der Waals surface area contributed by atoms with Gasteiger partial charge in [0.1, 0.15) is 10.7 Å². The molecule has 0 aromatic heterocycles. The van der Waals surface area contributed by atoms with Crippen LogP contribution in [0.15, 0.2) is 44.6 Å². The molecule has 1 aliphatic carbocycles. The first-order valence-electron chi connectivity index (χ1n) is 11.5. The number of benzene rings is 1. The molecule has 3 rings (SSSR count). The van der Waals surface area contributed by atoms with Crippen LogP contribution in [0.3, 0.4) is 0 Å². The summed E-state index contributed by atoms with van der Waals surface area (Å²) in [5.41, 5.74) is -2.25. The smallest absolute Gasteiger partial charge is 0.404 e. The number of aliphatic imine (C=N–C) groups is 2. The molecule has 1 amide bonds. The Morgan fingerprint density at radius 1 is 1.18 bits per heavy atom. The number of amides is 1. The van der Waals surface area contributed by atoms with Crippen molar-refractivity contribution >= 4 is 35.6 Å². The Kier molecular flexibility index (Phi) is 7.96. The van der Waals surface area contributed by atoms with Gasteiger partial charge < -0.3 is 11.1 Å². The zero-order valence-electron chi connectivity index (χ0n) is 20.8. The van der Waals surface area contributed by atoms with Crippen LogP contribution in [-0.2, 0) is 10.5 Å². The Morgan fingerprint density at radius 2 is 1.72 bits per heavy atom. The Bertz CT molecular complexity index is 1300. The molecule has 2 unspecified atom stereocenters. The van der Waals surface area contributed by atoms with E-state index in [-0.39, 0.29) is 27.5 Å². The van der Waals surface area contributed by atoms with Crippen LogP contribution in [-0.4, -0.2) is 36.2 Å². The minimum absolute atomic E-state index is 0.00133. The first kappa shape index (κ1) is 30.1. The van der Waals surface area contributed by atoms with Crippen LogP contribution in [0.2, 0.25) is 0 Å². The SMILES string of the molecule is Cc1cc(C(F)(C(F)(F)F)C(F)(F)F)cc(C)c1N=CC(=CN)C1C=NC(Cl)=C(C(=O)NC2(C#N)CC2)C1C. The van der Waals surface area contributed by atoms with Gasteiger partial charge in [0.25, 0.3) is 5.91 Å². The van der Waals surface area contributed by atoms with Crippen molar-refractivity contribution in [2.24, 2.45) is 27.6 Å². The van der Waals surface area contributed by atoms with Crippen molar-refractivity contribution in [1.82, 2.24) is 5.32 Å². The number of carbonyl (C=O) groups is 1. The summed E-state index contributed by atoms with van der Waals surface area (Å²) in [5, 5.41) is 11.8. The molecule has 3 N–H and O–H groups in total. The molecule has 1 saturated carbocycles. The number of nitrogens with zero attached hydrogens (tertiary/aromatic N) is 3. The zero-order chi connectivity index (χ0) is 29.6. The van der Waals surface area contributed by atoms with Crippen LogP contribution >= 0.6 is 11.6 Å². The number of allylic oxidation sites excluding steroid dienone is 1. The van der Waals surface area contributed by atoms with Gasteiger partial charge in [-0.05, 0) is 49.6 Å². The number of nitrogens with two attached hydrogens (primary N) is 1. The summed E-state index contributed by atoms with van der Waals surface area (Å²) < 4.78 is 93.8. The predicted molar refractivity (Wildman–Crippen MR) is 131 cm³/mol. The highest BCUT2D eigenvalue weighted by Crippen LogP contribution is 2.54. The topological polar surface area (TPSA) is 104 Å². The van der Waals surface area contributed by atoms with Crippen LogP contribution in [0.4, 0.5) is 36.4 Å². The van der Waals surface area contributed by atoms with Crippen molar-refractivity contribution in [3.63, 3.8) is 0 Å². The van der Waals surface area contributed by atoms with Gasteiger partial charge in [-0.2, -0.15) is 31.6 Å². The monoisotopic (exact) mass is 577 g/mol. The molecule has 210 valence electrons. The fourth-order valence-corrected chi connectivity index (χ4v) is 4.60. The Balaban J connectivity index is 1.91. The van der Waals surface area contributed by atoms with Crippen LogP contribution in [0.5, 0.6) is 0 Å². The van der Waals surface area contributed by atoms with Gasteiger partial charge in [-0.25, -0.2) is 9.38 Å². The quantitative estimate of drug-likeness (QED) is 0.243. The second-order valence-electron chi connectivity index (χ2n) is 9.48. The lowest BCUT2D eigenvalue weighted by Crippen LogP contribution is -2.50. The number of alkyl halides is 7. The molecule has 39 heavy (non-hydrogen) atoms. The van der Waals surface area contributed by atoms with Gasteiger partial charge in [0.2, 0.25) is 0 Å². The second kappa shape index (κ2) is 10.3. The van der Waals surface area contributed by atoms with Crippen molar-refractivity contribution in [3.8, 4) is 6.07 Å². The van der Waals surface area contributed by atoms with E-state index in [0.29, 0.717) is 30.5 Å². The van der Waals surface area contributed by atoms with E-state index >= 15 is 0 Å². The third kappa shape index (κ3) is 5.52. The van der Waals surface area contributed by atoms with E-state index < -0.39 is 46.9 Å². The summed E-state index contributed by atoms with van der Waals surface area (Å²) >= 11 is 6.17. The molecule has 2 aliphatic rings. The average molecular weight is 578 g/mol. The number of hydrogen-bond acceptors (Lipinski definition) is 5. The number of carbonyl (C=O) groups excluding carboxylic acids is 1. The lowest BCUT2D eigenvalue weighted by atomic mass is 9.81. The number of rotatable bonds is 6. The van der Waals surface area contributed by atoms with E-state index in [0.717, 1.165) is 6.20 Å². The van der Waals surface area contributed by atoms with Crippen molar-refractivity contribution < 1.29 is 35.5 Å². The number of aryl methyl sites for hydroxylation is 2. The van der Waals surface area contributed by atoms with Gasteiger partial charge in [-0.3, -0.25) is 9.79 Å². The minimum Gasteiger partial charge on any atom is -0.404 e. The number of nitriles is 1. The van der Waals surface area contributed by atoms with Crippen LogP contribution in [0.25, 0.3) is 0 Å². The molecular formula is C25H23ClF7N5O. The summed E-state index contributed by atoms with van der Waals surface area (Å²) in [6.07, 6.45) is -7.70. The average Bonchev–Trinajstić information content (AvgIpc) is 3.59. The molecule has 2 atom stereocenters. The van der Waals surface area contributed by atoms with Crippen molar-refractivity contribution in [3.05, 3.63) is 51.3 Å². The minimum atomic E-state index is -6.24. The zero-order valence-corrected chi connectivity index (χ0v) is 21.6. The number of nitrogens with one attached hydrogen (secondary N) is 1. The molecular weight excluding hydrogens is 555 g/mol. The molecule has 0 spiro atoms. The van der Waals surface area contributed by atoms with Gasteiger partial charge in [-0.15, -0.1) is 0 Å². The predicted octanol–water partition coefficient (Wildman–Crippen LogP) is 6.10. The molecule has 14 heteroatoms. The van der Waals surface area contributed by atoms with Gasteiger partial charge in [-0.1, -0.05) is 30.7 Å². The second-order valence-corrected chi connectivity index (χ2v) is 9.84. The fraction of sp³-hybridized carbons (Fsp3) is 0.440. The summed E-state index contributed by atoms with van der Waals surface area (Å²) in [6, 6.07) is 2.94. The largest absolute Gasteiger partial charge is 0.435 e. The maximum Gasteiger partial charge on any atom is 0.435 e. The molecule has 1 aromatic carbocycles. The first-order valence-corrected chi connectivity index (χ1v) is 11.9. The van der Waals surface area contributed by atoms with Crippen LogP contribution in [0, 0.1) is 37.0 Å². The standard InChI is InChI=1S/C25H23ClF7N5O/c1-12-6-16(23(27,24(28,29)30)25(31,32)33)7-13(2)19(12)36-9-15(8-34)17-10-37-20(26)18(14(17)3)21(39)38-22(11-35)4-5-22/h6-10,14,17H,4-5,34H2,1-3H3,(H,38,39). The lowest BCUT2D eigenvalue weighted by Gasteiger charge is -2.31. The molecule has 1 aromatic rings. The van der Waals surface area contributed by atoms with Gasteiger partial charge in [0.15, 0.2) is 0 Å². The Hall–Kier alpha value is -3.40. The van der Waals surface area contributed by atoms with E-state index in [2.05, 4.69) is 15.3 Å². The molecule has 1 aliphatic heterocycles. The molecule has 1 fully saturated rings. The molecule has 1 heterocycles. The van der Waals surface area contributed by atoms with E-state index in [1.807, 2.05) is 6.07 Å². The first-order chi connectivity index (χ1) is 17.9. The highest BCUT2D eigenvalue weighted by molar-refractivity contribution is 6.32. The van der Waals surface area contributed by atoms with E-state index in [1.54, 1.807) is 6.92 Å². The van der Waals surface area contributed by atoms with Gasteiger partial charge >= 0.3 is 18.0 Å². The number of hydrogen-bond donors (Lipinski definition) is 2. The summed E-state index contributed by atoms with van der Waals surface area (Å²) in [6.45, 7) is 4.05. The summed E-state index contributed by atoms with van der Waals surface area (Å²) in [7, 11) is 0. The molecule has 0 saturated heterocycles. The van der Waals surface area contributed by atoms with E-state index in [1.165, 1.54) is 26.3 Å². The number of halogens is 8. The van der Waals surface area contributed by atoms with E-state index in [4.69, 9.17) is 17.3 Å². The fourth-order valence-electron chi connectivity index (χ4n) is 4.29. The maximum atomic E-state index is 14.6. The Morgan fingerprint density at radius 3 is 2.15 bits per heavy atom. The molecule has 0 radical (unpaired) electrons. The van der Waals surface area contributed by atoms with Crippen LogP contribution in [0.1, 0.15) is 36.5 Å². The Labute approximate surface area is 224 Å². The third-order valence-corrected chi connectivity index (χ3v) is 7.02. The normalized spacial score (nSPS) is 21.7. The van der Waals surface area contributed by atoms with Crippen molar-refractivity contribution in [2.75, 3.05) is 0 Å². The van der Waals surface area contributed by atoms with Gasteiger partial charge in [0.05, 0.1) is 17.3 Å². The summed E-state index contributed by atoms with van der Waals surface area (Å²) in [5.74, 6) is -1.82. The maximum absolute atomic E-state index is 14.6. The van der Waals surface area contributed by atoms with Crippen molar-refractivity contribution in [2.45, 2.75) is 57.2 Å². The van der Waals surface area contributed by atoms with E-state index in [9.17, 15) is 40.8 Å². The lowest BCUT2D eigenvalue weighted by molar-refractivity contribution is -0.348.